The summed E-state index contributed by atoms with van der Waals surface area (Å²) in [4.78, 5) is 10.1. The third-order valence-electron chi connectivity index (χ3n) is 2.93. The minimum Gasteiger partial charge on any atom is -0.494 e. The Bertz CT molecular complexity index is 759. The number of nitro groups is 1. The SMILES string of the molecule is COc1cc(/N=N/c2ccc([N+](=O)[O-])cc2)c(OC)cc1N=N. The highest BCUT2D eigenvalue weighted by Gasteiger charge is 2.11. The predicted octanol–water partition coefficient (Wildman–Crippen LogP) is 4.69. The van der Waals surface area contributed by atoms with Crippen LogP contribution in [-0.4, -0.2) is 19.1 Å². The quantitative estimate of drug-likeness (QED) is 0.471. The smallest absolute Gasteiger partial charge is 0.269 e. The number of hydrogen-bond acceptors (Lipinski definition) is 8. The fourth-order valence-electron chi connectivity index (χ4n) is 1.78. The summed E-state index contributed by atoms with van der Waals surface area (Å²) in [6.45, 7) is 0. The third-order valence-corrected chi connectivity index (χ3v) is 2.93. The van der Waals surface area contributed by atoms with E-state index in [9.17, 15) is 10.1 Å². The molecule has 0 unspecified atom stereocenters. The first-order valence-electron chi connectivity index (χ1n) is 6.38. The van der Waals surface area contributed by atoms with Crippen LogP contribution in [0.4, 0.5) is 22.7 Å². The van der Waals surface area contributed by atoms with Crippen molar-refractivity contribution in [3.8, 4) is 11.5 Å². The van der Waals surface area contributed by atoms with Crippen LogP contribution in [0.5, 0.6) is 11.5 Å². The van der Waals surface area contributed by atoms with Crippen LogP contribution in [0.15, 0.2) is 51.7 Å². The van der Waals surface area contributed by atoms with Gasteiger partial charge in [-0.2, -0.15) is 10.2 Å². The number of azo groups is 1. The Labute approximate surface area is 131 Å². The summed E-state index contributed by atoms with van der Waals surface area (Å²) in [5.41, 5.74) is 8.22. The maximum absolute atomic E-state index is 10.6. The number of methoxy groups -OCH3 is 2. The molecule has 0 heterocycles. The number of hydrogen-bond donors (Lipinski definition) is 1. The molecule has 0 saturated carbocycles. The van der Waals surface area contributed by atoms with Crippen LogP contribution in [0.2, 0.25) is 0 Å². The topological polar surface area (TPSA) is 123 Å². The molecule has 0 atom stereocenters. The summed E-state index contributed by atoms with van der Waals surface area (Å²) in [6.07, 6.45) is 0. The van der Waals surface area contributed by atoms with Crippen molar-refractivity contribution in [1.29, 1.82) is 5.53 Å². The Hall–Kier alpha value is -3.36. The second-order valence-electron chi connectivity index (χ2n) is 4.28. The van der Waals surface area contributed by atoms with E-state index < -0.39 is 4.92 Å². The standard InChI is InChI=1S/C14H13N5O4/c1-22-13-8-12(14(23-2)7-11(13)16-15)18-17-9-3-5-10(6-4-9)19(20)21/h3-8,15H,1-2H3/b16-15?,18-17+. The fraction of sp³-hybridized carbons (Fsp3) is 0.143. The molecule has 9 nitrogen and oxygen atoms in total. The molecular weight excluding hydrogens is 302 g/mol. The molecule has 23 heavy (non-hydrogen) atoms. The molecular formula is C14H13N5O4. The minimum absolute atomic E-state index is 0.0235. The van der Waals surface area contributed by atoms with E-state index in [4.69, 9.17) is 15.0 Å². The maximum atomic E-state index is 10.6. The lowest BCUT2D eigenvalue weighted by Gasteiger charge is -2.08. The number of nitrogens with zero attached hydrogens (tertiary/aromatic N) is 4. The zero-order chi connectivity index (χ0) is 16.8. The van der Waals surface area contributed by atoms with Gasteiger partial charge in [0.15, 0.2) is 0 Å². The van der Waals surface area contributed by atoms with Gasteiger partial charge in [0.25, 0.3) is 5.69 Å². The van der Waals surface area contributed by atoms with Crippen LogP contribution < -0.4 is 9.47 Å². The molecule has 2 aromatic carbocycles. The second kappa shape index (κ2) is 7.07. The highest BCUT2D eigenvalue weighted by molar-refractivity contribution is 5.66. The van der Waals surface area contributed by atoms with E-state index in [2.05, 4.69) is 15.3 Å². The lowest BCUT2D eigenvalue weighted by Crippen LogP contribution is -1.87. The number of nitrogens with one attached hydrogen (secondary N) is 1. The summed E-state index contributed by atoms with van der Waals surface area (Å²) in [7, 11) is 2.91. The maximum Gasteiger partial charge on any atom is 0.269 e. The summed E-state index contributed by atoms with van der Waals surface area (Å²) in [6, 6.07) is 8.71. The van der Waals surface area contributed by atoms with E-state index in [0.717, 1.165) is 0 Å². The van der Waals surface area contributed by atoms with E-state index in [1.165, 1.54) is 44.6 Å². The van der Waals surface area contributed by atoms with Crippen molar-refractivity contribution in [3.63, 3.8) is 0 Å². The van der Waals surface area contributed by atoms with Crippen molar-refractivity contribution in [2.45, 2.75) is 0 Å². The van der Waals surface area contributed by atoms with Gasteiger partial charge in [-0.3, -0.25) is 10.1 Å². The molecule has 0 saturated heterocycles. The van der Waals surface area contributed by atoms with Crippen molar-refractivity contribution < 1.29 is 14.4 Å². The van der Waals surface area contributed by atoms with Crippen LogP contribution >= 0.6 is 0 Å². The number of benzene rings is 2. The van der Waals surface area contributed by atoms with Gasteiger partial charge >= 0.3 is 0 Å². The number of ether oxygens (including phenoxy) is 2. The number of nitro benzene ring substituents is 1. The van der Waals surface area contributed by atoms with Crippen molar-refractivity contribution >= 4 is 22.7 Å². The number of non-ortho nitro benzene ring substituents is 1. The highest BCUT2D eigenvalue weighted by atomic mass is 16.6. The van der Waals surface area contributed by atoms with Gasteiger partial charge in [0.1, 0.15) is 22.9 Å². The molecule has 2 rings (SSSR count). The van der Waals surface area contributed by atoms with Gasteiger partial charge in [-0.25, -0.2) is 5.53 Å². The van der Waals surface area contributed by atoms with Crippen molar-refractivity contribution in [2.24, 2.45) is 15.3 Å². The normalized spacial score (nSPS) is 10.5. The van der Waals surface area contributed by atoms with Crippen molar-refractivity contribution in [3.05, 3.63) is 46.5 Å². The van der Waals surface area contributed by atoms with E-state index in [1.54, 1.807) is 6.07 Å². The molecule has 0 aliphatic carbocycles. The monoisotopic (exact) mass is 315 g/mol. The molecule has 0 aliphatic rings. The highest BCUT2D eigenvalue weighted by Crippen LogP contribution is 2.40. The average Bonchev–Trinajstić information content (AvgIpc) is 2.59. The van der Waals surface area contributed by atoms with Crippen molar-refractivity contribution in [2.75, 3.05) is 14.2 Å². The average molecular weight is 315 g/mol. The lowest BCUT2D eigenvalue weighted by molar-refractivity contribution is -0.384. The summed E-state index contributed by atoms with van der Waals surface area (Å²) >= 11 is 0. The fourth-order valence-corrected chi connectivity index (χ4v) is 1.78. The first-order chi connectivity index (χ1) is 11.1. The van der Waals surface area contributed by atoms with Gasteiger partial charge in [0.2, 0.25) is 0 Å². The van der Waals surface area contributed by atoms with E-state index in [-0.39, 0.29) is 5.69 Å². The van der Waals surface area contributed by atoms with Crippen LogP contribution in [0, 0.1) is 15.6 Å². The van der Waals surface area contributed by atoms with E-state index in [0.29, 0.717) is 28.6 Å². The molecule has 0 spiro atoms. The van der Waals surface area contributed by atoms with Gasteiger partial charge < -0.3 is 9.47 Å². The van der Waals surface area contributed by atoms with Gasteiger partial charge in [-0.1, -0.05) is 0 Å². The van der Waals surface area contributed by atoms with Crippen molar-refractivity contribution in [1.82, 2.24) is 0 Å². The summed E-state index contributed by atoms with van der Waals surface area (Å²) in [5.74, 6) is 0.737. The number of rotatable bonds is 6. The molecule has 0 amide bonds. The van der Waals surface area contributed by atoms with Gasteiger partial charge in [-0.05, 0) is 12.1 Å². The molecule has 0 aliphatic heterocycles. The van der Waals surface area contributed by atoms with Crippen LogP contribution in [-0.2, 0) is 0 Å². The summed E-state index contributed by atoms with van der Waals surface area (Å²) < 4.78 is 10.3. The lowest BCUT2D eigenvalue weighted by atomic mass is 10.2. The Kier molecular flexibility index (Phi) is 4.92. The largest absolute Gasteiger partial charge is 0.494 e. The molecule has 9 heteroatoms. The predicted molar refractivity (Wildman–Crippen MR) is 81.6 cm³/mol. The van der Waals surface area contributed by atoms with Gasteiger partial charge in [-0.15, -0.1) is 5.11 Å². The van der Waals surface area contributed by atoms with Crippen LogP contribution in [0.25, 0.3) is 0 Å². The van der Waals surface area contributed by atoms with Crippen LogP contribution in [0.3, 0.4) is 0 Å². The van der Waals surface area contributed by atoms with Gasteiger partial charge in [0, 0.05) is 24.3 Å². The van der Waals surface area contributed by atoms with E-state index in [1.807, 2.05) is 0 Å². The van der Waals surface area contributed by atoms with Gasteiger partial charge in [0.05, 0.1) is 24.8 Å². The Morgan fingerprint density at radius 2 is 1.57 bits per heavy atom. The zero-order valence-electron chi connectivity index (χ0n) is 12.4. The van der Waals surface area contributed by atoms with E-state index >= 15 is 0 Å². The first kappa shape index (κ1) is 16.0. The zero-order valence-corrected chi connectivity index (χ0v) is 12.4. The minimum atomic E-state index is -0.488. The third kappa shape index (κ3) is 3.64. The summed E-state index contributed by atoms with van der Waals surface area (Å²) in [5, 5.41) is 22.0. The molecule has 0 radical (unpaired) electrons. The Morgan fingerprint density at radius 3 is 2.09 bits per heavy atom. The second-order valence-corrected chi connectivity index (χ2v) is 4.28. The molecule has 1 N–H and O–H groups in total. The molecule has 2 aromatic rings. The Morgan fingerprint density at radius 1 is 1.00 bits per heavy atom. The molecule has 118 valence electrons. The molecule has 0 bridgehead atoms. The molecule has 0 fully saturated rings. The first-order valence-corrected chi connectivity index (χ1v) is 6.38. The van der Waals surface area contributed by atoms with Crippen LogP contribution in [0.1, 0.15) is 0 Å². The molecule has 0 aromatic heterocycles. The Balaban J connectivity index is 2.34.